The second-order valence-electron chi connectivity index (χ2n) is 8.23. The molecule has 4 heteroatoms. The number of allylic oxidation sites excluding steroid dienone is 2. The van der Waals surface area contributed by atoms with Crippen LogP contribution >= 0.6 is 23.2 Å². The van der Waals surface area contributed by atoms with E-state index in [-0.39, 0.29) is 11.6 Å². The number of rotatable bonds is 1. The molecule has 0 aliphatic heterocycles. The molecule has 0 saturated carbocycles. The summed E-state index contributed by atoms with van der Waals surface area (Å²) in [6, 6.07) is 26.1. The number of ketones is 2. The molecule has 2 aliphatic carbocycles. The van der Waals surface area contributed by atoms with E-state index in [0.717, 1.165) is 33.4 Å². The maximum Gasteiger partial charge on any atom is 0.195 e. The molecule has 2 nitrogen and oxygen atoms in total. The summed E-state index contributed by atoms with van der Waals surface area (Å²) >= 11 is 12.9. The van der Waals surface area contributed by atoms with E-state index in [4.69, 9.17) is 23.2 Å². The highest BCUT2D eigenvalue weighted by Gasteiger charge is 2.30. The van der Waals surface area contributed by atoms with Gasteiger partial charge in [0.15, 0.2) is 11.6 Å². The molecule has 0 amide bonds. The van der Waals surface area contributed by atoms with Gasteiger partial charge in [-0.05, 0) is 45.5 Å². The van der Waals surface area contributed by atoms with Gasteiger partial charge in [-0.25, -0.2) is 0 Å². The fourth-order valence-electron chi connectivity index (χ4n) is 4.88. The molecular formula is C30H16Cl2O2. The Morgan fingerprint density at radius 2 is 0.794 bits per heavy atom. The highest BCUT2D eigenvalue weighted by Crippen LogP contribution is 2.41. The molecule has 4 aromatic rings. The van der Waals surface area contributed by atoms with Crippen LogP contribution in [-0.4, -0.2) is 11.6 Å². The average molecular weight is 479 g/mol. The van der Waals surface area contributed by atoms with Crippen LogP contribution < -0.4 is 0 Å². The fraction of sp³-hybridized carbons (Fsp3) is 0. The quantitative estimate of drug-likeness (QED) is 0.243. The third-order valence-corrected chi connectivity index (χ3v) is 7.03. The smallest absolute Gasteiger partial charge is 0.195 e. The minimum Gasteiger partial charge on any atom is -0.289 e. The van der Waals surface area contributed by atoms with Crippen molar-refractivity contribution in [1.82, 2.24) is 0 Å². The third-order valence-electron chi connectivity index (χ3n) is 6.40. The Morgan fingerprint density at radius 1 is 0.441 bits per heavy atom. The van der Waals surface area contributed by atoms with Gasteiger partial charge in [0.2, 0.25) is 0 Å². The summed E-state index contributed by atoms with van der Waals surface area (Å²) in [4.78, 5) is 26.4. The average Bonchev–Trinajstić information content (AvgIpc) is 2.85. The van der Waals surface area contributed by atoms with Crippen molar-refractivity contribution in [3.8, 4) is 0 Å². The summed E-state index contributed by atoms with van der Waals surface area (Å²) < 4.78 is 0. The summed E-state index contributed by atoms with van der Waals surface area (Å²) in [7, 11) is 0. The lowest BCUT2D eigenvalue weighted by atomic mass is 9.79. The Bertz CT molecular complexity index is 1490. The second-order valence-corrected chi connectivity index (χ2v) is 9.05. The topological polar surface area (TPSA) is 34.1 Å². The highest BCUT2D eigenvalue weighted by atomic mass is 35.5. The van der Waals surface area contributed by atoms with Crippen molar-refractivity contribution in [3.05, 3.63) is 152 Å². The van der Waals surface area contributed by atoms with Crippen LogP contribution in [0, 0.1) is 0 Å². The first kappa shape index (κ1) is 20.9. The van der Waals surface area contributed by atoms with E-state index in [0.29, 0.717) is 32.3 Å². The molecule has 0 unspecified atom stereocenters. The Morgan fingerprint density at radius 3 is 1.21 bits per heavy atom. The van der Waals surface area contributed by atoms with Crippen LogP contribution in [0.4, 0.5) is 0 Å². The fourth-order valence-corrected chi connectivity index (χ4v) is 5.40. The van der Waals surface area contributed by atoms with Gasteiger partial charge in [0, 0.05) is 22.3 Å². The van der Waals surface area contributed by atoms with Gasteiger partial charge in [-0.15, -0.1) is 0 Å². The lowest BCUT2D eigenvalue weighted by Gasteiger charge is -2.24. The van der Waals surface area contributed by atoms with Crippen LogP contribution in [0.15, 0.2) is 97.1 Å². The number of fused-ring (bicyclic) bond motifs is 4. The second kappa shape index (κ2) is 7.95. The first-order valence-corrected chi connectivity index (χ1v) is 11.6. The van der Waals surface area contributed by atoms with Crippen LogP contribution in [0.5, 0.6) is 0 Å². The molecule has 6 rings (SSSR count). The van der Waals surface area contributed by atoms with Crippen LogP contribution in [0.1, 0.15) is 54.1 Å². The van der Waals surface area contributed by atoms with E-state index < -0.39 is 0 Å². The van der Waals surface area contributed by atoms with Crippen molar-refractivity contribution in [2.45, 2.75) is 0 Å². The maximum absolute atomic E-state index is 13.2. The molecule has 0 fully saturated rings. The van der Waals surface area contributed by atoms with Crippen LogP contribution in [-0.2, 0) is 0 Å². The minimum absolute atomic E-state index is 0.0771. The molecular weight excluding hydrogens is 463 g/mol. The van der Waals surface area contributed by atoms with Gasteiger partial charge >= 0.3 is 0 Å². The summed E-state index contributed by atoms with van der Waals surface area (Å²) in [6.07, 6.45) is 4.01. The van der Waals surface area contributed by atoms with Crippen molar-refractivity contribution in [1.29, 1.82) is 0 Å². The number of hydrogen-bond acceptors (Lipinski definition) is 2. The van der Waals surface area contributed by atoms with Crippen LogP contribution in [0.3, 0.4) is 0 Å². The number of halogens is 2. The van der Waals surface area contributed by atoms with E-state index >= 15 is 0 Å². The number of carbonyl (C=O) groups excluding carboxylic acids is 2. The van der Waals surface area contributed by atoms with Crippen LogP contribution in [0.2, 0.25) is 10.0 Å². The Balaban J connectivity index is 1.64. The molecule has 0 aromatic heterocycles. The Kier molecular flexibility index (Phi) is 4.88. The van der Waals surface area contributed by atoms with E-state index in [1.807, 2.05) is 84.9 Å². The minimum atomic E-state index is -0.0771. The molecule has 2 aliphatic rings. The van der Waals surface area contributed by atoms with Gasteiger partial charge in [-0.2, -0.15) is 0 Å². The zero-order valence-corrected chi connectivity index (χ0v) is 19.3. The Labute approximate surface area is 206 Å². The Hall–Kier alpha value is -3.72. The third kappa shape index (κ3) is 3.03. The first-order chi connectivity index (χ1) is 16.6. The molecule has 4 aromatic carbocycles. The molecule has 0 saturated heterocycles. The van der Waals surface area contributed by atoms with Crippen LogP contribution in [0.25, 0.3) is 11.1 Å². The predicted molar refractivity (Wildman–Crippen MR) is 137 cm³/mol. The summed E-state index contributed by atoms with van der Waals surface area (Å²) in [5.74, 6) is -0.154. The zero-order chi connectivity index (χ0) is 23.4. The van der Waals surface area contributed by atoms with E-state index in [1.165, 1.54) is 0 Å². The van der Waals surface area contributed by atoms with Gasteiger partial charge in [-0.3, -0.25) is 9.59 Å². The van der Waals surface area contributed by atoms with E-state index in [2.05, 4.69) is 0 Å². The molecule has 0 bridgehead atoms. The normalized spacial score (nSPS) is 16.2. The number of carbonyl (C=O) groups is 2. The maximum atomic E-state index is 13.2. The van der Waals surface area contributed by atoms with E-state index in [9.17, 15) is 9.59 Å². The first-order valence-electron chi connectivity index (χ1n) is 10.8. The molecule has 34 heavy (non-hydrogen) atoms. The summed E-state index contributed by atoms with van der Waals surface area (Å²) in [6.45, 7) is 0. The summed E-state index contributed by atoms with van der Waals surface area (Å²) in [5.41, 5.74) is 7.35. The van der Waals surface area contributed by atoms with Crippen molar-refractivity contribution in [3.63, 3.8) is 0 Å². The van der Waals surface area contributed by atoms with Gasteiger partial charge in [0.1, 0.15) is 0 Å². The van der Waals surface area contributed by atoms with Gasteiger partial charge in [0.05, 0.1) is 10.0 Å². The van der Waals surface area contributed by atoms with Crippen molar-refractivity contribution in [2.75, 3.05) is 0 Å². The van der Waals surface area contributed by atoms with E-state index in [1.54, 1.807) is 12.1 Å². The monoisotopic (exact) mass is 478 g/mol. The summed E-state index contributed by atoms with van der Waals surface area (Å²) in [5, 5.41) is 0.864. The SMILES string of the molecule is O=C1c2ccccc2/C(=C/C=C2/c3ccccc3C(=O)c3c(Cl)cccc32)c2cccc(Cl)c21. The lowest BCUT2D eigenvalue weighted by molar-refractivity contribution is 0.102. The largest absolute Gasteiger partial charge is 0.289 e. The van der Waals surface area contributed by atoms with Crippen molar-refractivity contribution in [2.24, 2.45) is 0 Å². The molecule has 0 N–H and O–H groups in total. The van der Waals surface area contributed by atoms with Crippen molar-refractivity contribution >= 4 is 45.9 Å². The van der Waals surface area contributed by atoms with Crippen molar-refractivity contribution < 1.29 is 9.59 Å². The highest BCUT2D eigenvalue weighted by molar-refractivity contribution is 6.37. The number of hydrogen-bond donors (Lipinski definition) is 0. The van der Waals surface area contributed by atoms with Gasteiger partial charge in [-0.1, -0.05) is 108 Å². The molecule has 162 valence electrons. The van der Waals surface area contributed by atoms with Gasteiger partial charge < -0.3 is 0 Å². The molecule has 0 heterocycles. The lowest BCUT2D eigenvalue weighted by Crippen LogP contribution is -2.15. The zero-order valence-electron chi connectivity index (χ0n) is 17.8. The molecule has 0 atom stereocenters. The molecule has 0 radical (unpaired) electrons. The molecule has 0 spiro atoms. The number of benzene rings is 4. The van der Waals surface area contributed by atoms with Gasteiger partial charge in [0.25, 0.3) is 0 Å². The standard InChI is InChI=1S/C30H16Cl2O2/c31-25-13-5-11-21-19(17-7-1-3-9-23(17)29(33)27(21)25)15-16-20-18-8-2-4-10-24(18)30(34)28-22(20)12-6-14-26(28)32/h1-16H/b19-15-,20-16-. The predicted octanol–water partition coefficient (Wildman–Crippen LogP) is 7.65.